The topological polar surface area (TPSA) is 102 Å². The Morgan fingerprint density at radius 3 is 2.35 bits per heavy atom. The highest BCUT2D eigenvalue weighted by Crippen LogP contribution is 2.35. The zero-order valence-electron chi connectivity index (χ0n) is 14.2. The van der Waals surface area contributed by atoms with Crippen molar-refractivity contribution in [2.24, 2.45) is 5.92 Å². The van der Waals surface area contributed by atoms with Crippen molar-refractivity contribution >= 4 is 17.5 Å². The van der Waals surface area contributed by atoms with E-state index in [1.54, 1.807) is 0 Å². The third-order valence-corrected chi connectivity index (χ3v) is 4.01. The minimum absolute atomic E-state index is 0.242. The Bertz CT molecular complexity index is 528. The number of nitrogens with one attached hydrogen (secondary N) is 2. The first-order valence-electron chi connectivity index (χ1n) is 8.12. The smallest absolute Gasteiger partial charge is 0.408 e. The summed E-state index contributed by atoms with van der Waals surface area (Å²) in [5.41, 5.74) is 13.7. The number of rotatable bonds is 3. The number of anilines is 2. The maximum Gasteiger partial charge on any atom is 0.408 e. The number of ether oxygens (including phenoxy) is 1. The number of alkyl carbamates (subject to hydrolysis) is 1. The van der Waals surface area contributed by atoms with Crippen molar-refractivity contribution in [2.75, 3.05) is 24.6 Å². The maximum absolute atomic E-state index is 12.3. The van der Waals surface area contributed by atoms with Crippen molar-refractivity contribution in [1.29, 1.82) is 0 Å². The van der Waals surface area contributed by atoms with Crippen molar-refractivity contribution in [2.45, 2.75) is 45.3 Å². The number of carbonyl (C=O) groups is 1. The second-order valence-electron chi connectivity index (χ2n) is 7.06. The Hall–Kier alpha value is -1.95. The van der Waals surface area contributed by atoms with Crippen LogP contribution in [0.3, 0.4) is 0 Å². The van der Waals surface area contributed by atoms with E-state index in [0.717, 1.165) is 31.5 Å². The largest absolute Gasteiger partial charge is 0.444 e. The molecule has 128 valence electrons. The highest BCUT2D eigenvalue weighted by molar-refractivity contribution is 5.71. The molecule has 1 aromatic carbocycles. The molecule has 0 radical (unpaired) electrons. The third-order valence-electron chi connectivity index (χ3n) is 4.01. The number of benzene rings is 1. The molecule has 1 heterocycles. The van der Waals surface area contributed by atoms with Crippen molar-refractivity contribution in [3.05, 3.63) is 23.8 Å². The molecule has 23 heavy (non-hydrogen) atoms. The number of nitrogen functional groups attached to an aromatic ring is 2. The van der Waals surface area contributed by atoms with Gasteiger partial charge in [-0.15, -0.1) is 0 Å². The Morgan fingerprint density at radius 2 is 1.83 bits per heavy atom. The van der Waals surface area contributed by atoms with E-state index in [1.807, 2.05) is 39.0 Å². The van der Waals surface area contributed by atoms with Gasteiger partial charge in [-0.2, -0.15) is 0 Å². The molecule has 1 aromatic rings. The number of hydrogen-bond acceptors (Lipinski definition) is 5. The van der Waals surface area contributed by atoms with E-state index in [-0.39, 0.29) is 12.0 Å². The lowest BCUT2D eigenvalue weighted by Gasteiger charge is -2.33. The van der Waals surface area contributed by atoms with E-state index in [9.17, 15) is 4.79 Å². The van der Waals surface area contributed by atoms with Gasteiger partial charge >= 0.3 is 6.09 Å². The van der Waals surface area contributed by atoms with Crippen LogP contribution in [0.15, 0.2) is 18.2 Å². The van der Waals surface area contributed by atoms with E-state index < -0.39 is 11.7 Å². The van der Waals surface area contributed by atoms with Gasteiger partial charge in [0.1, 0.15) is 5.60 Å². The fourth-order valence-electron chi connectivity index (χ4n) is 3.00. The fourth-order valence-corrected chi connectivity index (χ4v) is 3.00. The molecule has 0 bridgehead atoms. The first-order chi connectivity index (χ1) is 10.8. The van der Waals surface area contributed by atoms with Crippen LogP contribution >= 0.6 is 0 Å². The van der Waals surface area contributed by atoms with E-state index in [0.29, 0.717) is 11.4 Å². The molecular weight excluding hydrogens is 292 g/mol. The minimum Gasteiger partial charge on any atom is -0.444 e. The van der Waals surface area contributed by atoms with Crippen LogP contribution in [-0.4, -0.2) is 24.8 Å². The normalized spacial score (nSPS) is 17.5. The second kappa shape index (κ2) is 7.08. The van der Waals surface area contributed by atoms with Crippen molar-refractivity contribution in [1.82, 2.24) is 10.6 Å². The summed E-state index contributed by atoms with van der Waals surface area (Å²) in [5, 5.41) is 6.33. The van der Waals surface area contributed by atoms with Crippen molar-refractivity contribution in [3.8, 4) is 0 Å². The summed E-state index contributed by atoms with van der Waals surface area (Å²) in [4.78, 5) is 12.3. The van der Waals surface area contributed by atoms with E-state index in [1.165, 1.54) is 0 Å². The molecule has 6 N–H and O–H groups in total. The SMILES string of the molecule is CC(C)(C)OC(=O)NC(c1c(N)cccc1N)C1CCNCC1. The van der Waals surface area contributed by atoms with Gasteiger partial charge in [-0.05, 0) is 64.8 Å². The maximum atomic E-state index is 12.3. The zero-order chi connectivity index (χ0) is 17.0. The van der Waals surface area contributed by atoms with Crippen LogP contribution < -0.4 is 22.1 Å². The molecule has 1 aliphatic rings. The summed E-state index contributed by atoms with van der Waals surface area (Å²) < 4.78 is 5.41. The molecule has 1 aliphatic heterocycles. The van der Waals surface area contributed by atoms with Gasteiger partial charge in [0.15, 0.2) is 0 Å². The average molecular weight is 320 g/mol. The van der Waals surface area contributed by atoms with Gasteiger partial charge in [0.2, 0.25) is 0 Å². The quantitative estimate of drug-likeness (QED) is 0.641. The standard InChI is InChI=1S/C17H28N4O2/c1-17(2,3)23-16(22)21-15(11-7-9-20-10-8-11)14-12(18)5-4-6-13(14)19/h4-6,11,15,20H,7-10,18-19H2,1-3H3,(H,21,22). The van der Waals surface area contributed by atoms with E-state index in [4.69, 9.17) is 16.2 Å². The molecule has 1 atom stereocenters. The van der Waals surface area contributed by atoms with Crippen molar-refractivity contribution in [3.63, 3.8) is 0 Å². The van der Waals surface area contributed by atoms with E-state index >= 15 is 0 Å². The van der Waals surface area contributed by atoms with Crippen LogP contribution in [0.25, 0.3) is 0 Å². The first kappa shape index (κ1) is 17.4. The molecule has 1 unspecified atom stereocenters. The predicted octanol–water partition coefficient (Wildman–Crippen LogP) is 2.42. The summed E-state index contributed by atoms with van der Waals surface area (Å²) in [6.07, 6.45) is 1.46. The van der Waals surface area contributed by atoms with Crippen LogP contribution in [0, 0.1) is 5.92 Å². The van der Waals surface area contributed by atoms with Gasteiger partial charge in [-0.25, -0.2) is 4.79 Å². The molecule has 6 heteroatoms. The summed E-state index contributed by atoms with van der Waals surface area (Å²) in [5.74, 6) is 0.274. The molecule has 1 fully saturated rings. The number of piperidine rings is 1. The number of nitrogens with two attached hydrogens (primary N) is 2. The molecule has 0 spiro atoms. The van der Waals surface area contributed by atoms with E-state index in [2.05, 4.69) is 10.6 Å². The van der Waals surface area contributed by atoms with Crippen LogP contribution in [0.5, 0.6) is 0 Å². The molecule has 6 nitrogen and oxygen atoms in total. The zero-order valence-corrected chi connectivity index (χ0v) is 14.2. The molecule has 1 saturated heterocycles. The second-order valence-corrected chi connectivity index (χ2v) is 7.06. The van der Waals surface area contributed by atoms with Gasteiger partial charge < -0.3 is 26.8 Å². The van der Waals surface area contributed by atoms with Gasteiger partial charge in [-0.3, -0.25) is 0 Å². The molecule has 0 aliphatic carbocycles. The molecule has 1 amide bonds. The Labute approximate surface area is 137 Å². The van der Waals surface area contributed by atoms with Gasteiger partial charge in [0.05, 0.1) is 6.04 Å². The number of hydrogen-bond donors (Lipinski definition) is 4. The average Bonchev–Trinajstić information content (AvgIpc) is 2.45. The lowest BCUT2D eigenvalue weighted by atomic mass is 9.84. The fraction of sp³-hybridized carbons (Fsp3) is 0.588. The molecule has 0 aromatic heterocycles. The van der Waals surface area contributed by atoms with Gasteiger partial charge in [0.25, 0.3) is 0 Å². The Morgan fingerprint density at radius 1 is 1.26 bits per heavy atom. The highest BCUT2D eigenvalue weighted by atomic mass is 16.6. The Balaban J connectivity index is 2.26. The van der Waals surface area contributed by atoms with Crippen LogP contribution in [0.4, 0.5) is 16.2 Å². The Kier molecular flexibility index (Phi) is 5.36. The summed E-state index contributed by atoms with van der Waals surface area (Å²) in [7, 11) is 0. The van der Waals surface area contributed by atoms with Crippen LogP contribution in [-0.2, 0) is 4.74 Å². The van der Waals surface area contributed by atoms with Gasteiger partial charge in [0, 0.05) is 16.9 Å². The molecule has 0 saturated carbocycles. The van der Waals surface area contributed by atoms with Crippen LogP contribution in [0.1, 0.15) is 45.2 Å². The third kappa shape index (κ3) is 4.76. The molecule has 2 rings (SSSR count). The first-order valence-corrected chi connectivity index (χ1v) is 8.12. The monoisotopic (exact) mass is 320 g/mol. The highest BCUT2D eigenvalue weighted by Gasteiger charge is 2.30. The lowest BCUT2D eigenvalue weighted by molar-refractivity contribution is 0.0478. The predicted molar refractivity (Wildman–Crippen MR) is 93.0 cm³/mol. The summed E-state index contributed by atoms with van der Waals surface area (Å²) in [6.45, 7) is 7.37. The van der Waals surface area contributed by atoms with Gasteiger partial charge in [-0.1, -0.05) is 6.07 Å². The van der Waals surface area contributed by atoms with Crippen LogP contribution in [0.2, 0.25) is 0 Å². The summed E-state index contributed by atoms with van der Waals surface area (Å²) >= 11 is 0. The number of amides is 1. The number of carbonyl (C=O) groups excluding carboxylic acids is 1. The lowest BCUT2D eigenvalue weighted by Crippen LogP contribution is -2.41. The van der Waals surface area contributed by atoms with Crippen molar-refractivity contribution < 1.29 is 9.53 Å². The summed E-state index contributed by atoms with van der Waals surface area (Å²) in [6, 6.07) is 5.21. The minimum atomic E-state index is -0.545. The molecular formula is C17H28N4O2.